The van der Waals surface area contributed by atoms with Gasteiger partial charge in [0.15, 0.2) is 5.82 Å². The van der Waals surface area contributed by atoms with Gasteiger partial charge in [-0.1, -0.05) is 0 Å². The van der Waals surface area contributed by atoms with Crippen molar-refractivity contribution in [3.8, 4) is 0 Å². The van der Waals surface area contributed by atoms with Crippen molar-refractivity contribution < 1.29 is 13.6 Å². The molecule has 0 saturated heterocycles. The number of nitrogens with zero attached hydrogens (tertiary/aromatic N) is 1. The fourth-order valence-corrected chi connectivity index (χ4v) is 1.76. The van der Waals surface area contributed by atoms with E-state index in [9.17, 15) is 13.6 Å². The molecule has 1 heterocycles. The third kappa shape index (κ3) is 2.41. The maximum atomic E-state index is 13.6. The number of carbonyl (C=O) groups excluding carboxylic acids is 1. The van der Waals surface area contributed by atoms with Crippen molar-refractivity contribution >= 4 is 21.7 Å². The van der Waals surface area contributed by atoms with Crippen molar-refractivity contribution in [2.24, 2.45) is 0 Å². The number of halogens is 3. The smallest absolute Gasteiger partial charge is 0.202 e. The summed E-state index contributed by atoms with van der Waals surface area (Å²) in [6.07, 6.45) is 2.51. The van der Waals surface area contributed by atoms with Crippen molar-refractivity contribution in [2.45, 2.75) is 6.42 Å². The molecule has 0 bridgehead atoms. The number of benzene rings is 1. The normalized spacial score (nSPS) is 10.5. The molecule has 2 aromatic rings. The average molecular weight is 301 g/mol. The van der Waals surface area contributed by atoms with Crippen LogP contribution in [0.3, 0.4) is 0 Å². The first-order chi connectivity index (χ1) is 8.09. The maximum Gasteiger partial charge on any atom is 0.202 e. The zero-order chi connectivity index (χ0) is 12.4. The van der Waals surface area contributed by atoms with E-state index in [1.165, 1.54) is 18.5 Å². The second-order valence-electron chi connectivity index (χ2n) is 3.36. The predicted octanol–water partition coefficient (Wildman–Crippen LogP) is 2.88. The largest absolute Gasteiger partial charge is 0.342 e. The Morgan fingerprint density at radius 1 is 1.41 bits per heavy atom. The van der Waals surface area contributed by atoms with Gasteiger partial charge in [-0.25, -0.2) is 13.8 Å². The molecule has 0 saturated carbocycles. The molecule has 0 aliphatic rings. The van der Waals surface area contributed by atoms with Crippen LogP contribution in [0.15, 0.2) is 29.0 Å². The van der Waals surface area contributed by atoms with Crippen molar-refractivity contribution in [3.05, 3.63) is 52.0 Å². The lowest BCUT2D eigenvalue weighted by Crippen LogP contribution is -2.09. The Kier molecular flexibility index (Phi) is 3.33. The number of H-pyrrole nitrogens is 1. The highest BCUT2D eigenvalue weighted by Gasteiger charge is 2.17. The Labute approximate surface area is 104 Å². The van der Waals surface area contributed by atoms with Gasteiger partial charge >= 0.3 is 0 Å². The molecule has 6 heteroatoms. The predicted molar refractivity (Wildman–Crippen MR) is 60.7 cm³/mol. The summed E-state index contributed by atoms with van der Waals surface area (Å²) in [4.78, 5) is 18.0. The lowest BCUT2D eigenvalue weighted by Gasteiger charge is -2.04. The van der Waals surface area contributed by atoms with Gasteiger partial charge in [-0.15, -0.1) is 0 Å². The van der Waals surface area contributed by atoms with Crippen LogP contribution in [0.1, 0.15) is 16.2 Å². The first-order valence-electron chi connectivity index (χ1n) is 4.74. The van der Waals surface area contributed by atoms with Gasteiger partial charge in [-0.2, -0.15) is 0 Å². The van der Waals surface area contributed by atoms with E-state index < -0.39 is 17.4 Å². The van der Waals surface area contributed by atoms with Crippen LogP contribution in [-0.2, 0) is 6.42 Å². The lowest BCUT2D eigenvalue weighted by atomic mass is 10.1. The average Bonchev–Trinajstić information content (AvgIpc) is 2.83. The van der Waals surface area contributed by atoms with Crippen LogP contribution in [0, 0.1) is 11.6 Å². The summed E-state index contributed by atoms with van der Waals surface area (Å²) < 4.78 is 27.1. The van der Waals surface area contributed by atoms with Gasteiger partial charge in [0.1, 0.15) is 11.6 Å². The van der Waals surface area contributed by atoms with Gasteiger partial charge in [-0.3, -0.25) is 4.79 Å². The molecule has 0 aliphatic heterocycles. The fourth-order valence-electron chi connectivity index (χ4n) is 1.39. The molecular weight excluding hydrogens is 294 g/mol. The fraction of sp³-hybridized carbons (Fsp3) is 0.0909. The lowest BCUT2D eigenvalue weighted by molar-refractivity contribution is 0.0981. The van der Waals surface area contributed by atoms with Gasteiger partial charge in [0.05, 0.1) is 4.47 Å². The molecule has 0 amide bonds. The highest BCUT2D eigenvalue weighted by molar-refractivity contribution is 9.10. The molecule has 1 N–H and O–H groups in total. The zero-order valence-electron chi connectivity index (χ0n) is 8.51. The summed E-state index contributed by atoms with van der Waals surface area (Å²) >= 11 is 2.94. The molecule has 0 aliphatic carbocycles. The SMILES string of the molecule is O=C(Cc1c(F)ccc(Br)c1F)c1ncc[nH]1. The summed E-state index contributed by atoms with van der Waals surface area (Å²) in [7, 11) is 0. The number of aromatic amines is 1. The van der Waals surface area contributed by atoms with E-state index in [0.29, 0.717) is 0 Å². The van der Waals surface area contributed by atoms with Crippen LogP contribution >= 0.6 is 15.9 Å². The topological polar surface area (TPSA) is 45.8 Å². The second kappa shape index (κ2) is 4.75. The number of Topliss-reactive ketones (excluding diaryl/α,β-unsaturated/α-hetero) is 1. The first kappa shape index (κ1) is 11.9. The van der Waals surface area contributed by atoms with Crippen LogP contribution in [0.4, 0.5) is 8.78 Å². The van der Waals surface area contributed by atoms with Crippen molar-refractivity contribution in [3.63, 3.8) is 0 Å². The standard InChI is InChI=1S/C11H7BrF2N2O/c12-7-1-2-8(13)6(10(7)14)5-9(17)11-15-3-4-16-11/h1-4H,5H2,(H,15,16). The molecule has 0 radical (unpaired) electrons. The monoisotopic (exact) mass is 300 g/mol. The summed E-state index contributed by atoms with van der Waals surface area (Å²) in [6, 6.07) is 2.36. The summed E-state index contributed by atoms with van der Waals surface area (Å²) in [5.41, 5.74) is -0.263. The summed E-state index contributed by atoms with van der Waals surface area (Å²) in [5.74, 6) is -1.88. The van der Waals surface area contributed by atoms with Gasteiger partial charge in [0.25, 0.3) is 0 Å². The van der Waals surface area contributed by atoms with Crippen LogP contribution in [0.2, 0.25) is 0 Å². The zero-order valence-corrected chi connectivity index (χ0v) is 10.1. The van der Waals surface area contributed by atoms with Gasteiger partial charge in [-0.05, 0) is 28.1 Å². The Bertz CT molecular complexity index is 555. The number of rotatable bonds is 3. The van der Waals surface area contributed by atoms with Crippen LogP contribution in [0.25, 0.3) is 0 Å². The number of hydrogen-bond donors (Lipinski definition) is 1. The number of nitrogens with one attached hydrogen (secondary N) is 1. The maximum absolute atomic E-state index is 13.6. The highest BCUT2D eigenvalue weighted by Crippen LogP contribution is 2.22. The minimum atomic E-state index is -0.759. The van der Waals surface area contributed by atoms with E-state index in [0.717, 1.165) is 6.07 Å². The molecule has 0 spiro atoms. The molecule has 1 aromatic carbocycles. The van der Waals surface area contributed by atoms with Gasteiger partial charge in [0.2, 0.25) is 5.78 Å². The Morgan fingerprint density at radius 3 is 2.82 bits per heavy atom. The minimum absolute atomic E-state index is 0.0868. The minimum Gasteiger partial charge on any atom is -0.342 e. The van der Waals surface area contributed by atoms with Gasteiger partial charge < -0.3 is 4.98 Å². The van der Waals surface area contributed by atoms with E-state index in [2.05, 4.69) is 25.9 Å². The molecule has 1 aromatic heterocycles. The van der Waals surface area contributed by atoms with Crippen LogP contribution in [0.5, 0.6) is 0 Å². The van der Waals surface area contributed by atoms with E-state index in [4.69, 9.17) is 0 Å². The van der Waals surface area contributed by atoms with Gasteiger partial charge in [0, 0.05) is 24.4 Å². The number of aromatic nitrogens is 2. The van der Waals surface area contributed by atoms with Crippen LogP contribution < -0.4 is 0 Å². The van der Waals surface area contributed by atoms with E-state index in [1.807, 2.05) is 0 Å². The Hall–Kier alpha value is -1.56. The van der Waals surface area contributed by atoms with Crippen molar-refractivity contribution in [2.75, 3.05) is 0 Å². The summed E-state index contributed by atoms with van der Waals surface area (Å²) in [6.45, 7) is 0. The number of hydrogen-bond acceptors (Lipinski definition) is 2. The molecule has 0 atom stereocenters. The first-order valence-corrected chi connectivity index (χ1v) is 5.54. The molecule has 3 nitrogen and oxygen atoms in total. The number of carbonyl (C=O) groups is 1. The third-order valence-electron chi connectivity index (χ3n) is 2.24. The molecule has 0 fully saturated rings. The Balaban J connectivity index is 2.31. The molecule has 88 valence electrons. The number of ketones is 1. The summed E-state index contributed by atoms with van der Waals surface area (Å²) in [5, 5.41) is 0. The Morgan fingerprint density at radius 2 is 2.18 bits per heavy atom. The van der Waals surface area contributed by atoms with E-state index >= 15 is 0 Å². The third-order valence-corrected chi connectivity index (χ3v) is 2.85. The second-order valence-corrected chi connectivity index (χ2v) is 4.21. The number of imidazole rings is 1. The quantitative estimate of drug-likeness (QED) is 0.700. The van der Waals surface area contributed by atoms with E-state index in [1.54, 1.807) is 0 Å². The molecule has 0 unspecified atom stereocenters. The molecular formula is C11H7BrF2N2O. The van der Waals surface area contributed by atoms with Crippen molar-refractivity contribution in [1.82, 2.24) is 9.97 Å². The highest BCUT2D eigenvalue weighted by atomic mass is 79.9. The van der Waals surface area contributed by atoms with Crippen LogP contribution in [-0.4, -0.2) is 15.8 Å². The molecule has 2 rings (SSSR count). The molecule has 17 heavy (non-hydrogen) atoms. The van der Waals surface area contributed by atoms with Crippen molar-refractivity contribution in [1.29, 1.82) is 0 Å². The van der Waals surface area contributed by atoms with E-state index in [-0.39, 0.29) is 22.3 Å².